The molecule has 4 nitrogen and oxygen atoms in total. The van der Waals surface area contributed by atoms with E-state index in [1.54, 1.807) is 6.07 Å². The predicted molar refractivity (Wildman–Crippen MR) is 79.4 cm³/mol. The van der Waals surface area contributed by atoms with Gasteiger partial charge in [-0.25, -0.2) is 4.79 Å². The first-order valence-electron chi connectivity index (χ1n) is 7.50. The number of ether oxygens (including phenoxy) is 1. The van der Waals surface area contributed by atoms with Crippen LogP contribution in [0, 0.1) is 5.92 Å². The average Bonchev–Trinajstić information content (AvgIpc) is 2.86. The van der Waals surface area contributed by atoms with Crippen LogP contribution >= 0.6 is 0 Å². The lowest BCUT2D eigenvalue weighted by atomic mass is 9.89. The summed E-state index contributed by atoms with van der Waals surface area (Å²) in [5.74, 6) is -0.267. The third kappa shape index (κ3) is 2.95. The van der Waals surface area contributed by atoms with Crippen LogP contribution in [0.3, 0.4) is 0 Å². The Balaban J connectivity index is 1.79. The van der Waals surface area contributed by atoms with Crippen LogP contribution in [0.2, 0.25) is 0 Å². The minimum absolute atomic E-state index is 0.000350. The van der Waals surface area contributed by atoms with Crippen LogP contribution in [0.1, 0.15) is 48.7 Å². The molecule has 3 rings (SSSR count). The Labute approximate surface area is 123 Å². The summed E-state index contributed by atoms with van der Waals surface area (Å²) < 4.78 is 11.4. The number of furan rings is 1. The number of para-hydroxylation sites is 1. The highest BCUT2D eigenvalue weighted by Gasteiger charge is 2.23. The Morgan fingerprint density at radius 2 is 2.00 bits per heavy atom. The third-order valence-corrected chi connectivity index (χ3v) is 4.32. The Morgan fingerprint density at radius 1 is 1.29 bits per heavy atom. The number of carboxylic acids is 1. The first-order valence-corrected chi connectivity index (χ1v) is 7.50. The molecule has 0 amide bonds. The molecular weight excluding hydrogens is 268 g/mol. The topological polar surface area (TPSA) is 59.7 Å². The second kappa shape index (κ2) is 5.90. The van der Waals surface area contributed by atoms with Crippen molar-refractivity contribution in [1.29, 1.82) is 0 Å². The molecule has 1 aromatic heterocycles. The highest BCUT2D eigenvalue weighted by Crippen LogP contribution is 2.30. The van der Waals surface area contributed by atoms with E-state index in [0.717, 1.165) is 24.1 Å². The van der Waals surface area contributed by atoms with Gasteiger partial charge < -0.3 is 14.3 Å². The van der Waals surface area contributed by atoms with Crippen molar-refractivity contribution < 1.29 is 19.1 Å². The van der Waals surface area contributed by atoms with E-state index in [1.807, 2.05) is 18.2 Å². The maximum Gasteiger partial charge on any atom is 0.372 e. The predicted octanol–water partition coefficient (Wildman–Crippen LogP) is 4.23. The molecule has 0 aliphatic heterocycles. The molecule has 1 fully saturated rings. The van der Waals surface area contributed by atoms with Crippen LogP contribution in [0.4, 0.5) is 0 Å². The van der Waals surface area contributed by atoms with Gasteiger partial charge in [0.1, 0.15) is 5.58 Å². The maximum absolute atomic E-state index is 11.3. The smallest absolute Gasteiger partial charge is 0.372 e. The van der Waals surface area contributed by atoms with Crippen molar-refractivity contribution in [3.63, 3.8) is 0 Å². The van der Waals surface area contributed by atoms with Crippen molar-refractivity contribution in [3.05, 3.63) is 35.6 Å². The molecule has 1 saturated carbocycles. The third-order valence-electron chi connectivity index (χ3n) is 4.32. The van der Waals surface area contributed by atoms with E-state index in [2.05, 4.69) is 6.92 Å². The van der Waals surface area contributed by atoms with Gasteiger partial charge in [0, 0.05) is 10.9 Å². The van der Waals surface area contributed by atoms with Crippen LogP contribution in [0.5, 0.6) is 0 Å². The largest absolute Gasteiger partial charge is 0.475 e. The standard InChI is InChI=1S/C17H20O4/c1-11-6-8-12(9-7-11)20-10-14-13-4-2-3-5-15(13)21-16(14)17(18)19/h2-5,11-12H,6-10H2,1H3,(H,18,19). The molecule has 4 heteroatoms. The van der Waals surface area contributed by atoms with Crippen molar-refractivity contribution in [1.82, 2.24) is 0 Å². The van der Waals surface area contributed by atoms with E-state index in [0.29, 0.717) is 17.8 Å². The fourth-order valence-corrected chi connectivity index (χ4v) is 3.01. The maximum atomic E-state index is 11.3. The van der Waals surface area contributed by atoms with Crippen LogP contribution < -0.4 is 0 Å². The number of carboxylic acid groups (broad SMARTS) is 1. The zero-order valence-electron chi connectivity index (χ0n) is 12.2. The van der Waals surface area contributed by atoms with Crippen molar-refractivity contribution in [2.45, 2.75) is 45.3 Å². The van der Waals surface area contributed by atoms with Gasteiger partial charge in [0.25, 0.3) is 0 Å². The second-order valence-corrected chi connectivity index (χ2v) is 5.90. The van der Waals surface area contributed by atoms with Crippen LogP contribution in [-0.2, 0) is 11.3 Å². The molecule has 0 radical (unpaired) electrons. The molecule has 1 N–H and O–H groups in total. The molecule has 1 heterocycles. The van der Waals surface area contributed by atoms with Crippen molar-refractivity contribution >= 4 is 16.9 Å². The van der Waals surface area contributed by atoms with Crippen molar-refractivity contribution in [2.75, 3.05) is 0 Å². The lowest BCUT2D eigenvalue weighted by Crippen LogP contribution is -2.20. The number of hydrogen-bond acceptors (Lipinski definition) is 3. The second-order valence-electron chi connectivity index (χ2n) is 5.90. The molecule has 2 aromatic rings. The summed E-state index contributed by atoms with van der Waals surface area (Å²) >= 11 is 0. The number of benzene rings is 1. The van der Waals surface area contributed by atoms with Gasteiger partial charge in [-0.05, 0) is 37.7 Å². The molecule has 0 atom stereocenters. The minimum atomic E-state index is -1.04. The first-order chi connectivity index (χ1) is 10.1. The zero-order valence-corrected chi connectivity index (χ0v) is 12.2. The first kappa shape index (κ1) is 14.1. The van der Waals surface area contributed by atoms with Gasteiger partial charge in [0.2, 0.25) is 5.76 Å². The molecule has 1 aromatic carbocycles. The van der Waals surface area contributed by atoms with Gasteiger partial charge in [-0.1, -0.05) is 25.1 Å². The van der Waals surface area contributed by atoms with E-state index >= 15 is 0 Å². The highest BCUT2D eigenvalue weighted by molar-refractivity contribution is 5.94. The Bertz CT molecular complexity index is 635. The SMILES string of the molecule is CC1CCC(OCc2c(C(=O)O)oc3ccccc23)CC1. The Morgan fingerprint density at radius 3 is 2.71 bits per heavy atom. The van der Waals surface area contributed by atoms with Gasteiger partial charge in [-0.3, -0.25) is 0 Å². The average molecular weight is 288 g/mol. The summed E-state index contributed by atoms with van der Waals surface area (Å²) in [6, 6.07) is 7.39. The number of carbonyl (C=O) groups is 1. The molecule has 112 valence electrons. The summed E-state index contributed by atoms with van der Waals surface area (Å²) in [5, 5.41) is 10.1. The summed E-state index contributed by atoms with van der Waals surface area (Å²) in [7, 11) is 0. The normalized spacial score (nSPS) is 22.5. The van der Waals surface area contributed by atoms with E-state index in [-0.39, 0.29) is 11.9 Å². The molecule has 1 aliphatic carbocycles. The fourth-order valence-electron chi connectivity index (χ4n) is 3.01. The van der Waals surface area contributed by atoms with Gasteiger partial charge in [0.15, 0.2) is 0 Å². The molecule has 0 unspecified atom stereocenters. The summed E-state index contributed by atoms with van der Waals surface area (Å²) in [4.78, 5) is 11.3. The van der Waals surface area contributed by atoms with Crippen molar-refractivity contribution in [2.24, 2.45) is 5.92 Å². The van der Waals surface area contributed by atoms with Gasteiger partial charge in [-0.2, -0.15) is 0 Å². The summed E-state index contributed by atoms with van der Waals surface area (Å²) in [6.45, 7) is 2.57. The Kier molecular flexibility index (Phi) is 3.97. The van der Waals surface area contributed by atoms with Gasteiger partial charge in [0.05, 0.1) is 12.7 Å². The van der Waals surface area contributed by atoms with Gasteiger partial charge >= 0.3 is 5.97 Å². The van der Waals surface area contributed by atoms with E-state index < -0.39 is 5.97 Å². The molecule has 1 aliphatic rings. The number of aromatic carboxylic acids is 1. The quantitative estimate of drug-likeness (QED) is 0.914. The summed E-state index contributed by atoms with van der Waals surface area (Å²) in [5.41, 5.74) is 1.25. The molecule has 0 saturated heterocycles. The van der Waals surface area contributed by atoms with Gasteiger partial charge in [-0.15, -0.1) is 0 Å². The lowest BCUT2D eigenvalue weighted by molar-refractivity contribution is 0.00826. The lowest BCUT2D eigenvalue weighted by Gasteiger charge is -2.26. The van der Waals surface area contributed by atoms with Crippen LogP contribution in [0.25, 0.3) is 11.0 Å². The van der Waals surface area contributed by atoms with E-state index in [4.69, 9.17) is 9.15 Å². The zero-order chi connectivity index (χ0) is 14.8. The van der Waals surface area contributed by atoms with Crippen molar-refractivity contribution in [3.8, 4) is 0 Å². The number of fused-ring (bicyclic) bond motifs is 1. The molecule has 21 heavy (non-hydrogen) atoms. The molecule has 0 bridgehead atoms. The fraction of sp³-hybridized carbons (Fsp3) is 0.471. The van der Waals surface area contributed by atoms with E-state index in [1.165, 1.54) is 12.8 Å². The Hall–Kier alpha value is -1.81. The van der Waals surface area contributed by atoms with E-state index in [9.17, 15) is 9.90 Å². The van der Waals surface area contributed by atoms with Crippen LogP contribution in [-0.4, -0.2) is 17.2 Å². The minimum Gasteiger partial charge on any atom is -0.475 e. The monoisotopic (exact) mass is 288 g/mol. The molecule has 0 spiro atoms. The highest BCUT2D eigenvalue weighted by atomic mass is 16.5. The summed E-state index contributed by atoms with van der Waals surface area (Å²) in [6.07, 6.45) is 4.71. The number of hydrogen-bond donors (Lipinski definition) is 1. The molecular formula is C17H20O4. The van der Waals surface area contributed by atoms with Crippen LogP contribution in [0.15, 0.2) is 28.7 Å². The number of rotatable bonds is 4.